The number of hydrogen-bond donors (Lipinski definition) is 0. The van der Waals surface area contributed by atoms with Gasteiger partial charge in [0, 0.05) is 12.6 Å². The maximum atomic E-state index is 13.2. The number of para-hydroxylation sites is 1. The van der Waals surface area contributed by atoms with Crippen molar-refractivity contribution < 1.29 is 27.8 Å². The van der Waals surface area contributed by atoms with Gasteiger partial charge in [-0.25, -0.2) is 4.79 Å². The highest BCUT2D eigenvalue weighted by Crippen LogP contribution is 2.43. The lowest BCUT2D eigenvalue weighted by Gasteiger charge is -2.18. The summed E-state index contributed by atoms with van der Waals surface area (Å²) in [5.74, 6) is -0.117. The van der Waals surface area contributed by atoms with Gasteiger partial charge in [0.05, 0.1) is 6.54 Å². The summed E-state index contributed by atoms with van der Waals surface area (Å²) < 4.78 is 40.4. The normalized spacial score (nSPS) is 14.3. The Morgan fingerprint density at radius 1 is 1.12 bits per heavy atom. The lowest BCUT2D eigenvalue weighted by molar-refractivity contribution is -0.287. The fraction of sp³-hybridized carbons (Fsp3) is 0.235. The van der Waals surface area contributed by atoms with Crippen LogP contribution in [-0.4, -0.2) is 24.3 Å². The Kier molecular flexibility index (Phi) is 4.24. The van der Waals surface area contributed by atoms with E-state index >= 15 is 0 Å². The number of rotatable bonds is 4. The van der Waals surface area contributed by atoms with Crippen LogP contribution in [0.5, 0.6) is 11.5 Å². The lowest BCUT2D eigenvalue weighted by Crippen LogP contribution is -2.28. The van der Waals surface area contributed by atoms with E-state index < -0.39 is 12.4 Å². The number of carbonyl (C=O) groups is 1. The predicted molar refractivity (Wildman–Crippen MR) is 80.7 cm³/mol. The second-order valence-electron chi connectivity index (χ2n) is 5.31. The van der Waals surface area contributed by atoms with E-state index in [0.717, 1.165) is 5.56 Å². The Labute approximate surface area is 137 Å². The second kappa shape index (κ2) is 6.35. The van der Waals surface area contributed by atoms with Gasteiger partial charge in [0.15, 0.2) is 11.5 Å². The first kappa shape index (κ1) is 16.0. The molecule has 2 aromatic carbocycles. The highest BCUT2D eigenvalue weighted by molar-refractivity contribution is 5.67. The molecule has 0 saturated carbocycles. The van der Waals surface area contributed by atoms with Crippen LogP contribution in [0.25, 0.3) is 0 Å². The number of halogens is 2. The zero-order valence-electron chi connectivity index (χ0n) is 12.9. The number of amides is 1. The summed E-state index contributed by atoms with van der Waals surface area (Å²) in [6.07, 6.45) is -4.26. The smallest absolute Gasteiger partial charge is 0.445 e. The molecule has 0 fully saturated rings. The zero-order chi connectivity index (χ0) is 17.2. The molecule has 1 heterocycles. The highest BCUT2D eigenvalue weighted by Gasteiger charge is 2.44. The van der Waals surface area contributed by atoms with Crippen LogP contribution in [-0.2, 0) is 17.9 Å². The summed E-state index contributed by atoms with van der Waals surface area (Å²) in [5, 5.41) is 0. The van der Waals surface area contributed by atoms with E-state index in [1.807, 2.05) is 30.3 Å². The van der Waals surface area contributed by atoms with Gasteiger partial charge in [0.25, 0.3) is 0 Å². The van der Waals surface area contributed by atoms with Crippen molar-refractivity contribution in [2.24, 2.45) is 0 Å². The fourth-order valence-electron chi connectivity index (χ4n) is 2.30. The number of fused-ring (bicyclic) bond motifs is 1. The van der Waals surface area contributed by atoms with Gasteiger partial charge in [-0.15, -0.1) is 8.78 Å². The average Bonchev–Trinajstić information content (AvgIpc) is 2.88. The van der Waals surface area contributed by atoms with Crippen molar-refractivity contribution >= 4 is 6.09 Å². The first-order chi connectivity index (χ1) is 11.4. The molecular formula is C17H15F2NO4. The van der Waals surface area contributed by atoms with Gasteiger partial charge in [-0.2, -0.15) is 0 Å². The highest BCUT2D eigenvalue weighted by atomic mass is 19.3. The van der Waals surface area contributed by atoms with E-state index in [9.17, 15) is 13.6 Å². The van der Waals surface area contributed by atoms with Crippen molar-refractivity contribution in [3.8, 4) is 11.5 Å². The first-order valence-corrected chi connectivity index (χ1v) is 7.24. The summed E-state index contributed by atoms with van der Waals surface area (Å²) >= 11 is 0. The Balaban J connectivity index is 1.62. The molecule has 0 saturated heterocycles. The van der Waals surface area contributed by atoms with Crippen LogP contribution >= 0.6 is 0 Å². The molecule has 0 bridgehead atoms. The van der Waals surface area contributed by atoms with Gasteiger partial charge in [-0.3, -0.25) is 0 Å². The molecule has 1 aliphatic rings. The second-order valence-corrected chi connectivity index (χ2v) is 5.31. The SMILES string of the molecule is CN(Cc1cccc2c1OC(F)(F)O2)C(=O)OCc1ccccc1. The molecule has 0 N–H and O–H groups in total. The van der Waals surface area contributed by atoms with Gasteiger partial charge in [-0.05, 0) is 11.6 Å². The number of alkyl halides is 2. The summed E-state index contributed by atoms with van der Waals surface area (Å²) in [5.41, 5.74) is 1.26. The minimum Gasteiger partial charge on any atom is -0.445 e. The van der Waals surface area contributed by atoms with Gasteiger partial charge < -0.3 is 19.1 Å². The number of ether oxygens (including phenoxy) is 3. The topological polar surface area (TPSA) is 48.0 Å². The molecule has 1 aliphatic heterocycles. The largest absolute Gasteiger partial charge is 0.586 e. The van der Waals surface area contributed by atoms with Gasteiger partial charge in [-0.1, -0.05) is 42.5 Å². The third-order valence-electron chi connectivity index (χ3n) is 3.43. The number of hydrogen-bond acceptors (Lipinski definition) is 4. The van der Waals surface area contributed by atoms with E-state index in [2.05, 4.69) is 9.47 Å². The molecular weight excluding hydrogens is 320 g/mol. The fourth-order valence-corrected chi connectivity index (χ4v) is 2.30. The van der Waals surface area contributed by atoms with E-state index in [4.69, 9.17) is 4.74 Å². The predicted octanol–water partition coefficient (Wildman–Crippen LogP) is 3.78. The average molecular weight is 335 g/mol. The number of benzene rings is 2. The molecule has 0 spiro atoms. The standard InChI is InChI=1S/C17H15F2NO4/c1-20(16(21)22-11-12-6-3-2-4-7-12)10-13-8-5-9-14-15(13)24-17(18,19)23-14/h2-9H,10-11H2,1H3. The summed E-state index contributed by atoms with van der Waals surface area (Å²) in [7, 11) is 1.51. The van der Waals surface area contributed by atoms with Crippen LogP contribution in [0.4, 0.5) is 13.6 Å². The molecule has 24 heavy (non-hydrogen) atoms. The minimum atomic E-state index is -3.69. The van der Waals surface area contributed by atoms with Crippen molar-refractivity contribution in [1.82, 2.24) is 4.90 Å². The summed E-state index contributed by atoms with van der Waals surface area (Å²) in [4.78, 5) is 13.3. The van der Waals surface area contributed by atoms with Gasteiger partial charge >= 0.3 is 12.4 Å². The van der Waals surface area contributed by atoms with Crippen molar-refractivity contribution in [2.45, 2.75) is 19.4 Å². The number of nitrogens with zero attached hydrogens (tertiary/aromatic N) is 1. The Bertz CT molecular complexity index is 737. The van der Waals surface area contributed by atoms with Gasteiger partial charge in [0.2, 0.25) is 0 Å². The van der Waals surface area contributed by atoms with Crippen LogP contribution in [0, 0.1) is 0 Å². The van der Waals surface area contributed by atoms with Crippen LogP contribution in [0.3, 0.4) is 0 Å². The van der Waals surface area contributed by atoms with Crippen molar-refractivity contribution in [3.05, 3.63) is 59.7 Å². The zero-order valence-corrected chi connectivity index (χ0v) is 12.9. The molecule has 3 rings (SSSR count). The van der Waals surface area contributed by atoms with Crippen molar-refractivity contribution in [1.29, 1.82) is 0 Å². The van der Waals surface area contributed by atoms with E-state index in [1.54, 1.807) is 12.1 Å². The van der Waals surface area contributed by atoms with E-state index in [-0.39, 0.29) is 24.7 Å². The van der Waals surface area contributed by atoms with Gasteiger partial charge in [0.1, 0.15) is 6.61 Å². The monoisotopic (exact) mass is 335 g/mol. The molecule has 0 unspecified atom stereocenters. The Morgan fingerprint density at radius 2 is 1.88 bits per heavy atom. The van der Waals surface area contributed by atoms with Crippen LogP contribution in [0.2, 0.25) is 0 Å². The molecule has 2 aromatic rings. The molecule has 1 amide bonds. The molecule has 0 atom stereocenters. The summed E-state index contributed by atoms with van der Waals surface area (Å²) in [6, 6.07) is 13.8. The molecule has 5 nitrogen and oxygen atoms in total. The first-order valence-electron chi connectivity index (χ1n) is 7.24. The van der Waals surface area contributed by atoms with Crippen LogP contribution in [0.15, 0.2) is 48.5 Å². The molecule has 0 aromatic heterocycles. The molecule has 0 radical (unpaired) electrons. The maximum absolute atomic E-state index is 13.2. The van der Waals surface area contributed by atoms with E-state index in [0.29, 0.717) is 5.56 Å². The van der Waals surface area contributed by atoms with Crippen molar-refractivity contribution in [3.63, 3.8) is 0 Å². The summed E-state index contributed by atoms with van der Waals surface area (Å²) in [6.45, 7) is 0.185. The lowest BCUT2D eigenvalue weighted by atomic mass is 10.2. The quantitative estimate of drug-likeness (QED) is 0.853. The maximum Gasteiger partial charge on any atom is 0.586 e. The van der Waals surface area contributed by atoms with Crippen molar-refractivity contribution in [2.75, 3.05) is 7.05 Å². The third-order valence-corrected chi connectivity index (χ3v) is 3.43. The van der Waals surface area contributed by atoms with E-state index in [1.165, 1.54) is 18.0 Å². The third kappa shape index (κ3) is 3.56. The molecule has 7 heteroatoms. The molecule has 0 aliphatic carbocycles. The molecule has 126 valence electrons. The minimum absolute atomic E-state index is 0.0518. The Hall–Kier alpha value is -2.83. The Morgan fingerprint density at radius 3 is 2.62 bits per heavy atom. The van der Waals surface area contributed by atoms with Crippen LogP contribution < -0.4 is 9.47 Å². The van der Waals surface area contributed by atoms with Crippen LogP contribution in [0.1, 0.15) is 11.1 Å². The number of carbonyl (C=O) groups excluding carboxylic acids is 1.